The van der Waals surface area contributed by atoms with Crippen molar-refractivity contribution >= 4 is 35.6 Å². The van der Waals surface area contributed by atoms with E-state index in [0.717, 1.165) is 0 Å². The Morgan fingerprint density at radius 3 is 2.03 bits per heavy atom. The molecule has 3 aromatic rings. The summed E-state index contributed by atoms with van der Waals surface area (Å²) in [6, 6.07) is 1.36. The molecule has 178 valence electrons. The molecule has 1 N–H and O–H groups in total. The fraction of sp³-hybridized carbons (Fsp3) is 0.286. The third-order valence-corrected chi connectivity index (χ3v) is 6.09. The summed E-state index contributed by atoms with van der Waals surface area (Å²) in [4.78, 5) is 5.24. The Labute approximate surface area is 197 Å². The van der Waals surface area contributed by atoms with Crippen molar-refractivity contribution in [3.63, 3.8) is 0 Å². The second-order valence-corrected chi connectivity index (χ2v) is 8.99. The predicted molar refractivity (Wildman–Crippen MR) is 119 cm³/mol. The van der Waals surface area contributed by atoms with Gasteiger partial charge in [-0.15, -0.1) is 4.80 Å². The number of hydrogen-bond donors (Lipinski definition) is 1. The molecule has 0 atom stereocenters. The highest BCUT2D eigenvalue weighted by atomic mass is 35.5. The molecule has 13 heteroatoms. The van der Waals surface area contributed by atoms with Gasteiger partial charge in [0.1, 0.15) is 0 Å². The molecule has 0 bridgehead atoms. The van der Waals surface area contributed by atoms with Crippen LogP contribution in [0.25, 0.3) is 11.5 Å². The van der Waals surface area contributed by atoms with Crippen molar-refractivity contribution in [1.29, 1.82) is 0 Å². The van der Waals surface area contributed by atoms with Crippen LogP contribution in [-0.4, -0.2) is 38.3 Å². The van der Waals surface area contributed by atoms with Gasteiger partial charge in [0.05, 0.1) is 51.5 Å². The topological polar surface area (TPSA) is 74.1 Å². The van der Waals surface area contributed by atoms with Crippen LogP contribution in [0.1, 0.15) is 33.3 Å². The molecule has 1 aliphatic rings. The van der Waals surface area contributed by atoms with Crippen LogP contribution in [0.4, 0.5) is 23.2 Å². The molecule has 34 heavy (non-hydrogen) atoms. The summed E-state index contributed by atoms with van der Waals surface area (Å²) < 4.78 is 71.0. The third kappa shape index (κ3) is 3.95. The molecule has 1 aliphatic heterocycles. The van der Waals surface area contributed by atoms with Crippen molar-refractivity contribution in [2.45, 2.75) is 38.9 Å². The minimum Gasteiger partial charge on any atom is -0.399 e. The summed E-state index contributed by atoms with van der Waals surface area (Å²) in [6.07, 6.45) is 4.11. The fourth-order valence-corrected chi connectivity index (χ4v) is 3.53. The maximum atomic E-state index is 15.0. The number of pyridine rings is 1. The highest BCUT2D eigenvalue weighted by Crippen LogP contribution is 2.37. The van der Waals surface area contributed by atoms with E-state index in [-0.39, 0.29) is 16.5 Å². The van der Waals surface area contributed by atoms with Gasteiger partial charge in [-0.2, -0.15) is 10.2 Å². The number of aromatic nitrogens is 4. The molecule has 0 unspecified atom stereocenters. The van der Waals surface area contributed by atoms with Crippen LogP contribution in [0.5, 0.6) is 0 Å². The predicted octanol–water partition coefficient (Wildman–Crippen LogP) is 4.25. The monoisotopic (exact) mass is 495 g/mol. The molecule has 1 fully saturated rings. The van der Waals surface area contributed by atoms with Gasteiger partial charge in [0.15, 0.2) is 29.1 Å². The largest absolute Gasteiger partial charge is 0.501 e. The molecule has 1 aromatic carbocycles. The minimum absolute atomic E-state index is 0.100. The fourth-order valence-electron chi connectivity index (χ4n) is 3.29. The highest BCUT2D eigenvalue weighted by molar-refractivity contribution is 6.62. The molecular formula is C21H19BClF4N5O2. The smallest absolute Gasteiger partial charge is 0.399 e. The van der Waals surface area contributed by atoms with E-state index in [4.69, 9.17) is 20.9 Å². The van der Waals surface area contributed by atoms with Gasteiger partial charge in [0.25, 0.3) is 0 Å². The Bertz CT molecular complexity index is 1240. The van der Waals surface area contributed by atoms with Gasteiger partial charge in [-0.05, 0) is 33.8 Å². The first kappa shape index (κ1) is 24.2. The average Bonchev–Trinajstić information content (AvgIpc) is 3.33. The van der Waals surface area contributed by atoms with E-state index in [1.807, 2.05) is 0 Å². The van der Waals surface area contributed by atoms with Gasteiger partial charge in [-0.1, -0.05) is 18.2 Å². The summed E-state index contributed by atoms with van der Waals surface area (Å²) in [5.41, 5.74) is -4.28. The Hall–Kier alpha value is -2.96. The molecule has 3 heterocycles. The molecule has 0 amide bonds. The zero-order valence-electron chi connectivity index (χ0n) is 18.6. The first-order valence-corrected chi connectivity index (χ1v) is 10.4. The summed E-state index contributed by atoms with van der Waals surface area (Å²) in [6.45, 7) is 10.1. The van der Waals surface area contributed by atoms with Crippen LogP contribution in [0, 0.1) is 23.3 Å². The van der Waals surface area contributed by atoms with E-state index in [9.17, 15) is 17.6 Å². The highest BCUT2D eigenvalue weighted by Gasteiger charge is 2.54. The number of anilines is 1. The molecule has 4 rings (SSSR count). The Morgan fingerprint density at radius 2 is 1.53 bits per heavy atom. The lowest BCUT2D eigenvalue weighted by Crippen LogP contribution is -2.41. The number of benzene rings is 1. The summed E-state index contributed by atoms with van der Waals surface area (Å²) in [7, 11) is -1.64. The Morgan fingerprint density at radius 1 is 1.00 bits per heavy atom. The second-order valence-electron chi connectivity index (χ2n) is 8.58. The lowest BCUT2D eigenvalue weighted by Gasteiger charge is -2.32. The summed E-state index contributed by atoms with van der Waals surface area (Å²) in [5, 5.41) is 10.5. The van der Waals surface area contributed by atoms with Gasteiger partial charge < -0.3 is 14.6 Å². The molecule has 0 saturated carbocycles. The summed E-state index contributed by atoms with van der Waals surface area (Å²) >= 11 is 6.17. The van der Waals surface area contributed by atoms with Crippen LogP contribution >= 0.6 is 11.6 Å². The van der Waals surface area contributed by atoms with E-state index >= 15 is 0 Å². The van der Waals surface area contributed by atoms with Gasteiger partial charge in [0.2, 0.25) is 0 Å². The van der Waals surface area contributed by atoms with Crippen molar-refractivity contribution < 1.29 is 26.9 Å². The zero-order chi connectivity index (χ0) is 25.0. The van der Waals surface area contributed by atoms with Crippen LogP contribution in [0.15, 0.2) is 31.2 Å². The van der Waals surface area contributed by atoms with Crippen molar-refractivity contribution in [3.05, 3.63) is 65.1 Å². The molecule has 7 nitrogen and oxygen atoms in total. The minimum atomic E-state index is -1.66. The van der Waals surface area contributed by atoms with Crippen molar-refractivity contribution in [2.75, 3.05) is 5.32 Å². The number of hydrogen-bond acceptors (Lipinski definition) is 6. The maximum Gasteiger partial charge on any atom is 0.501 e. The lowest BCUT2D eigenvalue weighted by atomic mass is 9.77. The average molecular weight is 496 g/mol. The standard InChI is InChI=1S/C21H19BClF4N5O2/c1-10(31-11-8-12(23)19(28-9-11)32-29-6-7-30-32)13-15(24)17(26)14(18(27)16(13)25)22-33-20(2,3)21(4,5)34-22/h6-9,31H,1H2,2-5H3. The molecule has 0 spiro atoms. The maximum absolute atomic E-state index is 15.0. The number of halogens is 5. The Balaban J connectivity index is 1.65. The van der Waals surface area contributed by atoms with Gasteiger partial charge in [-0.3, -0.25) is 0 Å². The molecule has 1 saturated heterocycles. The normalized spacial score (nSPS) is 16.7. The van der Waals surface area contributed by atoms with E-state index < -0.39 is 58.3 Å². The molecular weight excluding hydrogens is 477 g/mol. The van der Waals surface area contributed by atoms with Crippen LogP contribution in [-0.2, 0) is 9.31 Å². The number of nitrogens with zero attached hydrogens (tertiary/aromatic N) is 4. The SMILES string of the molecule is C=C(Nc1cnc(-n2nccn2)c(Cl)c1)c1c(F)c(F)c(B2OC(C)(C)C(C)(C)O2)c(F)c1F. The first-order valence-electron chi connectivity index (χ1n) is 10.0. The molecule has 0 aliphatic carbocycles. The lowest BCUT2D eigenvalue weighted by molar-refractivity contribution is 0.00578. The van der Waals surface area contributed by atoms with Crippen LogP contribution in [0.3, 0.4) is 0 Å². The van der Waals surface area contributed by atoms with Crippen molar-refractivity contribution in [2.24, 2.45) is 0 Å². The zero-order valence-corrected chi connectivity index (χ0v) is 19.3. The number of rotatable bonds is 5. The van der Waals surface area contributed by atoms with Gasteiger partial charge in [0, 0.05) is 5.70 Å². The molecule has 0 radical (unpaired) electrons. The van der Waals surface area contributed by atoms with Crippen molar-refractivity contribution in [3.8, 4) is 5.82 Å². The van der Waals surface area contributed by atoms with E-state index in [0.29, 0.717) is 0 Å². The van der Waals surface area contributed by atoms with Gasteiger partial charge >= 0.3 is 7.12 Å². The van der Waals surface area contributed by atoms with Crippen LogP contribution in [0.2, 0.25) is 5.02 Å². The summed E-state index contributed by atoms with van der Waals surface area (Å²) in [5.74, 6) is -6.41. The van der Waals surface area contributed by atoms with E-state index in [2.05, 4.69) is 27.1 Å². The van der Waals surface area contributed by atoms with Crippen LogP contribution < -0.4 is 10.8 Å². The molecule has 2 aromatic heterocycles. The van der Waals surface area contributed by atoms with Gasteiger partial charge in [-0.25, -0.2) is 22.5 Å². The first-order chi connectivity index (χ1) is 15.8. The second kappa shape index (κ2) is 8.37. The van der Waals surface area contributed by atoms with Crippen molar-refractivity contribution in [1.82, 2.24) is 20.0 Å². The Kier molecular flexibility index (Phi) is 5.95. The quantitative estimate of drug-likeness (QED) is 0.324. The van der Waals surface area contributed by atoms with E-state index in [1.165, 1.54) is 29.5 Å². The third-order valence-electron chi connectivity index (χ3n) is 5.81. The van der Waals surface area contributed by atoms with E-state index in [1.54, 1.807) is 27.7 Å². The number of nitrogens with one attached hydrogen (secondary N) is 1.